The number of carbonyl (C=O) groups is 2. The van der Waals surface area contributed by atoms with Crippen LogP contribution in [0.15, 0.2) is 36.4 Å². The Labute approximate surface area is 211 Å². The number of aromatic hydroxyl groups is 1. The van der Waals surface area contributed by atoms with Crippen LogP contribution < -0.4 is 20.4 Å². The predicted octanol–water partition coefficient (Wildman–Crippen LogP) is 1.98. The highest BCUT2D eigenvalue weighted by Gasteiger charge is 2.34. The number of ether oxygens (including phenoxy) is 1. The average Bonchev–Trinajstić information content (AvgIpc) is 3.06. The van der Waals surface area contributed by atoms with Gasteiger partial charge in [-0.25, -0.2) is 18.6 Å². The van der Waals surface area contributed by atoms with Crippen LogP contribution in [-0.2, 0) is 9.57 Å². The summed E-state index contributed by atoms with van der Waals surface area (Å²) >= 11 is 4.99. The molecular formula is C23H25F2N5O5S. The molecule has 2 aromatic carbocycles. The number of nitrogens with one attached hydrogen (secondary N) is 2. The van der Waals surface area contributed by atoms with E-state index in [9.17, 15) is 14.7 Å². The van der Waals surface area contributed by atoms with Gasteiger partial charge in [-0.3, -0.25) is 14.5 Å². The highest BCUT2D eigenvalue weighted by atomic mass is 32.1. The Morgan fingerprint density at radius 1 is 1.19 bits per heavy atom. The molecule has 4 rings (SSSR count). The van der Waals surface area contributed by atoms with Crippen LogP contribution >= 0.6 is 12.2 Å². The highest BCUT2D eigenvalue weighted by Crippen LogP contribution is 2.31. The standard InChI is InChI=1S/C23H25F2N5O5S/c1-26-22(36)27-12-15-13-29(23(33)35-15)14-10-17(24)20(18(25)11-14)28-6-7-30(34-9-8-28)21(32)16-4-2-3-5-19(16)31/h2-5,10-11,15,31H,6-9,12-13H2,1H3,(H2,26,27,36)/t15-/m0/s1. The minimum absolute atomic E-state index is 0.00934. The first-order valence-corrected chi connectivity index (χ1v) is 11.6. The van der Waals surface area contributed by atoms with Crippen molar-refractivity contribution in [3.05, 3.63) is 53.6 Å². The summed E-state index contributed by atoms with van der Waals surface area (Å²) in [5.41, 5.74) is -0.198. The molecule has 0 aliphatic carbocycles. The summed E-state index contributed by atoms with van der Waals surface area (Å²) in [5.74, 6) is -2.48. The number of cyclic esters (lactones) is 1. The van der Waals surface area contributed by atoms with Crippen LogP contribution in [0.4, 0.5) is 25.0 Å². The van der Waals surface area contributed by atoms with Gasteiger partial charge in [0, 0.05) is 32.3 Å². The zero-order chi connectivity index (χ0) is 25.8. The number of halogens is 2. The quantitative estimate of drug-likeness (QED) is 0.510. The van der Waals surface area contributed by atoms with E-state index in [0.717, 1.165) is 22.1 Å². The number of phenolic OH excluding ortho intramolecular Hbond substituents is 1. The first-order chi connectivity index (χ1) is 17.3. The lowest BCUT2D eigenvalue weighted by molar-refractivity contribution is -0.111. The molecule has 3 N–H and O–H groups in total. The molecule has 0 saturated carbocycles. The van der Waals surface area contributed by atoms with Crippen molar-refractivity contribution in [3.63, 3.8) is 0 Å². The van der Waals surface area contributed by atoms with Crippen LogP contribution in [0.1, 0.15) is 10.4 Å². The molecule has 0 radical (unpaired) electrons. The van der Waals surface area contributed by atoms with Crippen molar-refractivity contribution in [3.8, 4) is 5.75 Å². The van der Waals surface area contributed by atoms with Crippen LogP contribution in [0.3, 0.4) is 0 Å². The molecule has 2 heterocycles. The average molecular weight is 522 g/mol. The highest BCUT2D eigenvalue weighted by molar-refractivity contribution is 7.80. The number of phenols is 1. The topological polar surface area (TPSA) is 107 Å². The van der Waals surface area contributed by atoms with Gasteiger partial charge < -0.3 is 25.4 Å². The van der Waals surface area contributed by atoms with E-state index in [2.05, 4.69) is 10.6 Å². The lowest BCUT2D eigenvalue weighted by atomic mass is 10.2. The maximum atomic E-state index is 15.1. The van der Waals surface area contributed by atoms with E-state index in [4.69, 9.17) is 21.8 Å². The molecule has 192 valence electrons. The zero-order valence-electron chi connectivity index (χ0n) is 19.4. The molecule has 0 aromatic heterocycles. The minimum atomic E-state index is -0.865. The smallest absolute Gasteiger partial charge is 0.414 e. The van der Waals surface area contributed by atoms with Gasteiger partial charge in [-0.1, -0.05) is 12.1 Å². The summed E-state index contributed by atoms with van der Waals surface area (Å²) in [5, 5.41) is 17.0. The predicted molar refractivity (Wildman–Crippen MR) is 131 cm³/mol. The van der Waals surface area contributed by atoms with Crippen LogP contribution in [0, 0.1) is 11.6 Å². The number of thiocarbonyl (C=S) groups is 1. The van der Waals surface area contributed by atoms with Gasteiger partial charge in [0.1, 0.15) is 17.5 Å². The Bertz CT molecular complexity index is 1150. The molecule has 13 heteroatoms. The number of anilines is 2. The van der Waals surface area contributed by atoms with Crippen molar-refractivity contribution in [1.29, 1.82) is 0 Å². The first-order valence-electron chi connectivity index (χ1n) is 11.2. The largest absolute Gasteiger partial charge is 0.507 e. The van der Waals surface area contributed by atoms with Crippen molar-refractivity contribution in [1.82, 2.24) is 15.7 Å². The number of hydrogen-bond donors (Lipinski definition) is 3. The van der Waals surface area contributed by atoms with Gasteiger partial charge >= 0.3 is 6.09 Å². The van der Waals surface area contributed by atoms with Crippen molar-refractivity contribution < 1.29 is 33.1 Å². The minimum Gasteiger partial charge on any atom is -0.507 e. The Kier molecular flexibility index (Phi) is 7.70. The number of benzene rings is 2. The third kappa shape index (κ3) is 5.41. The van der Waals surface area contributed by atoms with Crippen molar-refractivity contribution >= 4 is 40.7 Å². The summed E-state index contributed by atoms with van der Waals surface area (Å²) in [7, 11) is 1.65. The molecule has 2 aromatic rings. The molecule has 0 unspecified atom stereocenters. The van der Waals surface area contributed by atoms with Crippen LogP contribution in [0.5, 0.6) is 5.75 Å². The van der Waals surface area contributed by atoms with Gasteiger partial charge in [0.25, 0.3) is 5.91 Å². The van der Waals surface area contributed by atoms with Crippen LogP contribution in [0.2, 0.25) is 0 Å². The van der Waals surface area contributed by atoms with Crippen LogP contribution in [0.25, 0.3) is 0 Å². The molecule has 36 heavy (non-hydrogen) atoms. The van der Waals surface area contributed by atoms with E-state index in [0.29, 0.717) is 5.11 Å². The molecule has 10 nitrogen and oxygen atoms in total. The van der Waals surface area contributed by atoms with E-state index in [-0.39, 0.29) is 62.0 Å². The molecule has 2 amide bonds. The number of hydrogen-bond acceptors (Lipinski definition) is 7. The molecular weight excluding hydrogens is 496 g/mol. The molecule has 2 saturated heterocycles. The van der Waals surface area contributed by atoms with Gasteiger partial charge in [0.2, 0.25) is 0 Å². The summed E-state index contributed by atoms with van der Waals surface area (Å²) in [6.07, 6.45) is -1.27. The van der Waals surface area contributed by atoms with Crippen molar-refractivity contribution in [2.45, 2.75) is 6.10 Å². The Morgan fingerprint density at radius 2 is 1.92 bits per heavy atom. The fourth-order valence-electron chi connectivity index (χ4n) is 3.97. The fraction of sp³-hybridized carbons (Fsp3) is 0.348. The van der Waals surface area contributed by atoms with Crippen LogP contribution in [-0.4, -0.2) is 79.8 Å². The Balaban J connectivity index is 1.44. The summed E-state index contributed by atoms with van der Waals surface area (Å²) in [6, 6.07) is 8.19. The lowest BCUT2D eigenvalue weighted by Gasteiger charge is -2.24. The molecule has 1 atom stereocenters. The lowest BCUT2D eigenvalue weighted by Crippen LogP contribution is -2.39. The number of hydroxylamine groups is 2. The van der Waals surface area contributed by atoms with E-state index < -0.39 is 29.7 Å². The number of para-hydroxylation sites is 1. The summed E-state index contributed by atoms with van der Waals surface area (Å²) < 4.78 is 35.5. The van der Waals surface area contributed by atoms with Crippen molar-refractivity contribution in [2.75, 3.05) is 56.2 Å². The van der Waals surface area contributed by atoms with Gasteiger partial charge in [0.05, 0.1) is 37.5 Å². The Morgan fingerprint density at radius 3 is 2.61 bits per heavy atom. The fourth-order valence-corrected chi connectivity index (χ4v) is 4.05. The molecule has 0 spiro atoms. The third-order valence-corrected chi connectivity index (χ3v) is 6.11. The second kappa shape index (κ2) is 10.9. The van der Waals surface area contributed by atoms with Crippen molar-refractivity contribution in [2.24, 2.45) is 0 Å². The Hall–Kier alpha value is -3.71. The number of rotatable bonds is 5. The number of amides is 2. The van der Waals surface area contributed by atoms with E-state index >= 15 is 8.78 Å². The van der Waals surface area contributed by atoms with E-state index in [1.165, 1.54) is 17.0 Å². The SMILES string of the molecule is CNC(=S)NC[C@H]1CN(c2cc(F)c(N3CCON(C(=O)c4ccccc4O)CC3)c(F)c2)C(=O)O1. The number of nitrogens with zero attached hydrogens (tertiary/aromatic N) is 3. The second-order valence-electron chi connectivity index (χ2n) is 8.08. The maximum Gasteiger partial charge on any atom is 0.414 e. The third-order valence-electron chi connectivity index (χ3n) is 5.76. The monoisotopic (exact) mass is 521 g/mol. The zero-order valence-corrected chi connectivity index (χ0v) is 20.2. The molecule has 2 fully saturated rings. The normalized spacial score (nSPS) is 18.0. The van der Waals surface area contributed by atoms with Gasteiger partial charge in [-0.05, 0) is 24.4 Å². The van der Waals surface area contributed by atoms with E-state index in [1.54, 1.807) is 19.2 Å². The van der Waals surface area contributed by atoms with Gasteiger partial charge in [-0.2, -0.15) is 0 Å². The molecule has 2 aliphatic heterocycles. The maximum absolute atomic E-state index is 15.1. The summed E-state index contributed by atoms with van der Waals surface area (Å²) in [6.45, 7) is 0.531. The van der Waals surface area contributed by atoms with Gasteiger partial charge in [0.15, 0.2) is 16.7 Å². The number of carbonyl (C=O) groups excluding carboxylic acids is 2. The molecule has 0 bridgehead atoms. The second-order valence-corrected chi connectivity index (χ2v) is 8.49. The molecule has 2 aliphatic rings. The summed E-state index contributed by atoms with van der Waals surface area (Å²) in [4.78, 5) is 33.1. The van der Waals surface area contributed by atoms with Gasteiger partial charge in [-0.15, -0.1) is 0 Å². The van der Waals surface area contributed by atoms with E-state index in [1.807, 2.05) is 0 Å². The first kappa shape index (κ1) is 25.4.